The minimum absolute atomic E-state index is 0.329. The Balaban J connectivity index is 1.93. The number of aryl methyl sites for hydroxylation is 3. The summed E-state index contributed by atoms with van der Waals surface area (Å²) in [4.78, 5) is 0. The number of hydrogen-bond donors (Lipinski definition) is 0. The Kier molecular flexibility index (Phi) is 2.74. The summed E-state index contributed by atoms with van der Waals surface area (Å²) in [6.07, 6.45) is 7.53. The van der Waals surface area contributed by atoms with Crippen LogP contribution in [0, 0.1) is 6.92 Å². The second-order valence-electron chi connectivity index (χ2n) is 5.60. The van der Waals surface area contributed by atoms with Crippen molar-refractivity contribution in [2.45, 2.75) is 26.8 Å². The largest absolute Gasteiger partial charge is 0.454 e. The molecule has 3 heteroatoms. The number of fused-ring (bicyclic) bond motifs is 4. The van der Waals surface area contributed by atoms with Crippen LogP contribution in [-0.4, -0.2) is 6.79 Å². The molecule has 0 spiro atoms. The van der Waals surface area contributed by atoms with Crippen molar-refractivity contribution in [3.05, 3.63) is 47.2 Å². The molecule has 3 heterocycles. The maximum atomic E-state index is 5.54. The van der Waals surface area contributed by atoms with E-state index in [9.17, 15) is 0 Å². The van der Waals surface area contributed by atoms with E-state index in [1.54, 1.807) is 0 Å². The monoisotopic (exact) mass is 280 g/mol. The van der Waals surface area contributed by atoms with Gasteiger partial charge in [-0.15, -0.1) is 0 Å². The predicted octanol–water partition coefficient (Wildman–Crippen LogP) is 3.27. The third-order valence-corrected chi connectivity index (χ3v) is 4.25. The molecule has 0 atom stereocenters. The van der Waals surface area contributed by atoms with Crippen LogP contribution in [0.1, 0.15) is 23.6 Å². The Morgan fingerprint density at radius 3 is 2.76 bits per heavy atom. The lowest BCUT2D eigenvalue weighted by atomic mass is 9.94. The van der Waals surface area contributed by atoms with Crippen LogP contribution in [0.25, 0.3) is 17.3 Å². The van der Waals surface area contributed by atoms with Crippen LogP contribution in [0.2, 0.25) is 0 Å². The lowest BCUT2D eigenvalue weighted by molar-refractivity contribution is -0.687. The molecule has 2 aliphatic rings. The van der Waals surface area contributed by atoms with Crippen molar-refractivity contribution in [3.8, 4) is 22.8 Å². The van der Waals surface area contributed by atoms with Crippen molar-refractivity contribution in [2.24, 2.45) is 0 Å². The van der Waals surface area contributed by atoms with E-state index in [4.69, 9.17) is 9.47 Å². The maximum absolute atomic E-state index is 5.54. The van der Waals surface area contributed by atoms with Crippen LogP contribution in [0.5, 0.6) is 11.5 Å². The van der Waals surface area contributed by atoms with Gasteiger partial charge >= 0.3 is 0 Å². The van der Waals surface area contributed by atoms with E-state index < -0.39 is 0 Å². The summed E-state index contributed by atoms with van der Waals surface area (Å²) in [7, 11) is 0. The molecule has 2 aromatic rings. The first kappa shape index (κ1) is 12.5. The van der Waals surface area contributed by atoms with Gasteiger partial charge in [-0.1, -0.05) is 12.2 Å². The Morgan fingerprint density at radius 1 is 1.14 bits per heavy atom. The number of hydrogen-bond acceptors (Lipinski definition) is 2. The van der Waals surface area contributed by atoms with Gasteiger partial charge in [-0.3, -0.25) is 0 Å². The van der Waals surface area contributed by atoms with E-state index in [0.717, 1.165) is 24.5 Å². The lowest BCUT2D eigenvalue weighted by Crippen LogP contribution is -2.40. The fourth-order valence-corrected chi connectivity index (χ4v) is 3.17. The molecule has 0 radical (unpaired) electrons. The van der Waals surface area contributed by atoms with Crippen molar-refractivity contribution in [1.29, 1.82) is 0 Å². The van der Waals surface area contributed by atoms with Crippen LogP contribution in [0.15, 0.2) is 30.5 Å². The molecule has 0 fully saturated rings. The zero-order valence-electron chi connectivity index (χ0n) is 12.3. The minimum atomic E-state index is 0.329. The highest BCUT2D eigenvalue weighted by molar-refractivity contribution is 5.70. The summed E-state index contributed by atoms with van der Waals surface area (Å²) in [6.45, 7) is 5.56. The standard InChI is InChI=1S/C18H18NO2/c1-3-4-13-7-16-15-9-18-17(20-11-21-18)8-14(15)5-6-19(16)10-12(13)2/h3-4,7-10H,5-6,11H2,1-2H3/q+1. The Labute approximate surface area is 124 Å². The summed E-state index contributed by atoms with van der Waals surface area (Å²) >= 11 is 0. The molecule has 0 aliphatic carbocycles. The fraction of sp³-hybridized carbons (Fsp3) is 0.278. The molecule has 106 valence electrons. The molecular weight excluding hydrogens is 262 g/mol. The van der Waals surface area contributed by atoms with E-state index in [0.29, 0.717) is 6.79 Å². The van der Waals surface area contributed by atoms with Crippen molar-refractivity contribution in [2.75, 3.05) is 6.79 Å². The highest BCUT2D eigenvalue weighted by Crippen LogP contribution is 2.39. The topological polar surface area (TPSA) is 22.3 Å². The fourth-order valence-electron chi connectivity index (χ4n) is 3.17. The van der Waals surface area contributed by atoms with Gasteiger partial charge in [0.05, 0.1) is 5.56 Å². The number of aromatic nitrogens is 1. The molecule has 0 N–H and O–H groups in total. The molecule has 2 aliphatic heterocycles. The van der Waals surface area contributed by atoms with E-state index in [2.05, 4.69) is 55.0 Å². The lowest BCUT2D eigenvalue weighted by Gasteiger charge is -2.16. The van der Waals surface area contributed by atoms with Crippen LogP contribution < -0.4 is 14.0 Å². The molecule has 0 saturated heterocycles. The summed E-state index contributed by atoms with van der Waals surface area (Å²) in [6, 6.07) is 6.53. The predicted molar refractivity (Wildman–Crippen MR) is 81.3 cm³/mol. The summed E-state index contributed by atoms with van der Waals surface area (Å²) in [5.41, 5.74) is 6.44. The second-order valence-corrected chi connectivity index (χ2v) is 5.60. The van der Waals surface area contributed by atoms with Gasteiger partial charge in [0, 0.05) is 18.1 Å². The van der Waals surface area contributed by atoms with Gasteiger partial charge < -0.3 is 9.47 Å². The summed E-state index contributed by atoms with van der Waals surface area (Å²) in [5, 5.41) is 0. The van der Waals surface area contributed by atoms with Gasteiger partial charge in [-0.25, -0.2) is 0 Å². The van der Waals surface area contributed by atoms with E-state index in [1.807, 2.05) is 0 Å². The Hall–Kier alpha value is -2.29. The van der Waals surface area contributed by atoms with Gasteiger partial charge in [0.25, 0.3) is 0 Å². The van der Waals surface area contributed by atoms with Crippen LogP contribution in [0.3, 0.4) is 0 Å². The highest BCUT2D eigenvalue weighted by atomic mass is 16.7. The molecule has 0 unspecified atom stereocenters. The number of ether oxygens (including phenoxy) is 2. The van der Waals surface area contributed by atoms with E-state index >= 15 is 0 Å². The van der Waals surface area contributed by atoms with Crippen molar-refractivity contribution in [1.82, 2.24) is 0 Å². The number of allylic oxidation sites excluding steroid dienone is 1. The quantitative estimate of drug-likeness (QED) is 0.748. The molecule has 4 rings (SSSR count). The van der Waals surface area contributed by atoms with Crippen molar-refractivity contribution < 1.29 is 14.0 Å². The average Bonchev–Trinajstić information content (AvgIpc) is 2.93. The third-order valence-electron chi connectivity index (χ3n) is 4.25. The second kappa shape index (κ2) is 4.62. The zero-order valence-corrected chi connectivity index (χ0v) is 12.3. The number of pyridine rings is 1. The van der Waals surface area contributed by atoms with Gasteiger partial charge in [0.15, 0.2) is 24.2 Å². The summed E-state index contributed by atoms with van der Waals surface area (Å²) in [5.74, 6) is 1.73. The van der Waals surface area contributed by atoms with Gasteiger partial charge in [-0.2, -0.15) is 4.57 Å². The molecule has 1 aromatic carbocycles. The van der Waals surface area contributed by atoms with Crippen LogP contribution in [-0.2, 0) is 13.0 Å². The van der Waals surface area contributed by atoms with Crippen LogP contribution in [0.4, 0.5) is 0 Å². The SMILES string of the molecule is CC=Cc1cc2[n+](cc1C)CCc1cc3c(cc1-2)OCO3. The van der Waals surface area contributed by atoms with Crippen molar-refractivity contribution >= 4 is 6.08 Å². The molecule has 3 nitrogen and oxygen atoms in total. The van der Waals surface area contributed by atoms with E-state index in [-0.39, 0.29) is 0 Å². The van der Waals surface area contributed by atoms with Crippen LogP contribution >= 0.6 is 0 Å². The first-order chi connectivity index (χ1) is 10.3. The van der Waals surface area contributed by atoms with Crippen molar-refractivity contribution in [3.63, 3.8) is 0 Å². The molecular formula is C18H18NO2+. The molecule has 0 bridgehead atoms. The summed E-state index contributed by atoms with van der Waals surface area (Å²) < 4.78 is 13.4. The molecule has 0 saturated carbocycles. The van der Waals surface area contributed by atoms with Gasteiger partial charge in [0.2, 0.25) is 12.5 Å². The first-order valence-corrected chi connectivity index (χ1v) is 7.36. The molecule has 21 heavy (non-hydrogen) atoms. The number of nitrogens with zero attached hydrogens (tertiary/aromatic N) is 1. The van der Waals surface area contributed by atoms with E-state index in [1.165, 1.54) is 27.9 Å². The normalized spacial score (nSPS) is 15.1. The number of benzene rings is 1. The Bertz CT molecular complexity index is 762. The highest BCUT2D eigenvalue weighted by Gasteiger charge is 2.27. The third kappa shape index (κ3) is 1.92. The molecule has 1 aromatic heterocycles. The zero-order chi connectivity index (χ0) is 14.4. The minimum Gasteiger partial charge on any atom is -0.454 e. The number of rotatable bonds is 1. The maximum Gasteiger partial charge on any atom is 0.231 e. The average molecular weight is 280 g/mol. The Morgan fingerprint density at radius 2 is 1.95 bits per heavy atom. The van der Waals surface area contributed by atoms with Gasteiger partial charge in [0.1, 0.15) is 0 Å². The van der Waals surface area contributed by atoms with Gasteiger partial charge in [-0.05, 0) is 37.1 Å². The molecule has 0 amide bonds. The first-order valence-electron chi connectivity index (χ1n) is 7.36. The smallest absolute Gasteiger partial charge is 0.231 e.